The third-order valence-corrected chi connectivity index (χ3v) is 3.77. The van der Waals surface area contributed by atoms with Gasteiger partial charge in [-0.3, -0.25) is 4.21 Å². The quantitative estimate of drug-likeness (QED) is 0.741. The van der Waals surface area contributed by atoms with E-state index in [-0.39, 0.29) is 24.1 Å². The van der Waals surface area contributed by atoms with Gasteiger partial charge in [0, 0.05) is 35.4 Å². The molecule has 2 rings (SSSR count). The molecule has 1 aliphatic heterocycles. The van der Waals surface area contributed by atoms with E-state index < -0.39 is 17.1 Å². The molecule has 0 spiro atoms. The highest BCUT2D eigenvalue weighted by molar-refractivity contribution is 7.77. The Balaban J connectivity index is 2.16. The number of hydrogen-bond donors (Lipinski definition) is 2. The van der Waals surface area contributed by atoms with E-state index in [1.165, 1.54) is 6.07 Å². The second-order valence-electron chi connectivity index (χ2n) is 4.61. The predicted octanol–water partition coefficient (Wildman–Crippen LogP) is 0.360. The van der Waals surface area contributed by atoms with E-state index in [9.17, 15) is 13.2 Å². The first-order chi connectivity index (χ1) is 9.07. The Kier molecular flexibility index (Phi) is 4.64. The van der Waals surface area contributed by atoms with Crippen molar-refractivity contribution in [1.82, 2.24) is 4.72 Å². The molecule has 1 atom stereocenters. The van der Waals surface area contributed by atoms with Crippen LogP contribution in [-0.2, 0) is 28.0 Å². The maximum Gasteiger partial charge on any atom is 0.128 e. The van der Waals surface area contributed by atoms with Gasteiger partial charge in [-0.1, -0.05) is 12.1 Å². The van der Waals surface area contributed by atoms with Crippen molar-refractivity contribution in [3.8, 4) is 0 Å². The van der Waals surface area contributed by atoms with Gasteiger partial charge in [0.1, 0.15) is 5.82 Å². The standard InChI is InChI=1S/C12H16FNO4S/c13-11-5-10(12(3-4-15)7-18-8-12)2-1-9(11)6-14-19(16)17/h1-2,5,14-15H,3-4,6-8H2,(H,16,17)/p-1. The summed E-state index contributed by atoms with van der Waals surface area (Å²) in [6, 6.07) is 4.71. The van der Waals surface area contributed by atoms with Crippen LogP contribution in [0, 0.1) is 5.82 Å². The average Bonchev–Trinajstić information content (AvgIpc) is 2.32. The first-order valence-corrected chi connectivity index (χ1v) is 6.95. The molecule has 1 fully saturated rings. The van der Waals surface area contributed by atoms with E-state index in [4.69, 9.17) is 9.84 Å². The molecule has 1 heterocycles. The van der Waals surface area contributed by atoms with Gasteiger partial charge in [0.2, 0.25) is 0 Å². The van der Waals surface area contributed by atoms with Crippen LogP contribution in [0.25, 0.3) is 0 Å². The molecule has 0 aliphatic carbocycles. The molecular weight excluding hydrogens is 273 g/mol. The Labute approximate surface area is 113 Å². The molecule has 0 radical (unpaired) electrons. The van der Waals surface area contributed by atoms with Crippen molar-refractivity contribution in [2.45, 2.75) is 18.4 Å². The summed E-state index contributed by atoms with van der Waals surface area (Å²) in [5.74, 6) is -0.459. The Bertz CT molecular complexity index is 479. The van der Waals surface area contributed by atoms with Gasteiger partial charge in [0.05, 0.1) is 13.2 Å². The molecule has 1 unspecified atom stereocenters. The average molecular weight is 288 g/mol. The number of nitrogens with one attached hydrogen (secondary N) is 1. The minimum absolute atomic E-state index is 0.0173. The van der Waals surface area contributed by atoms with Crippen molar-refractivity contribution in [1.29, 1.82) is 0 Å². The van der Waals surface area contributed by atoms with Gasteiger partial charge >= 0.3 is 0 Å². The maximum absolute atomic E-state index is 13.9. The zero-order valence-corrected chi connectivity index (χ0v) is 11.0. The van der Waals surface area contributed by atoms with Crippen LogP contribution in [0.2, 0.25) is 0 Å². The molecular formula is C12H15FNO4S-. The minimum Gasteiger partial charge on any atom is -0.760 e. The van der Waals surface area contributed by atoms with Crippen molar-refractivity contribution in [3.63, 3.8) is 0 Å². The van der Waals surface area contributed by atoms with Gasteiger partial charge in [-0.25, -0.2) is 9.11 Å². The van der Waals surface area contributed by atoms with Crippen molar-refractivity contribution in [2.24, 2.45) is 0 Å². The molecule has 19 heavy (non-hydrogen) atoms. The van der Waals surface area contributed by atoms with E-state index in [0.29, 0.717) is 19.6 Å². The zero-order valence-electron chi connectivity index (χ0n) is 10.2. The van der Waals surface area contributed by atoms with E-state index in [0.717, 1.165) is 5.56 Å². The van der Waals surface area contributed by atoms with Gasteiger partial charge < -0.3 is 14.4 Å². The molecule has 1 aromatic carbocycles. The summed E-state index contributed by atoms with van der Waals surface area (Å²) in [6.07, 6.45) is 0.522. The molecule has 2 N–H and O–H groups in total. The smallest absolute Gasteiger partial charge is 0.128 e. The highest BCUT2D eigenvalue weighted by atomic mass is 32.2. The molecule has 0 saturated carbocycles. The fourth-order valence-electron chi connectivity index (χ4n) is 2.18. The van der Waals surface area contributed by atoms with Crippen LogP contribution in [0.5, 0.6) is 0 Å². The molecule has 106 valence electrons. The fraction of sp³-hybridized carbons (Fsp3) is 0.500. The Morgan fingerprint density at radius 1 is 1.53 bits per heavy atom. The number of rotatable bonds is 6. The SMILES string of the molecule is O=S([O-])NCc1ccc(C2(CCO)COC2)cc1F. The van der Waals surface area contributed by atoms with Crippen LogP contribution in [0.15, 0.2) is 18.2 Å². The molecule has 1 aromatic rings. The highest BCUT2D eigenvalue weighted by Crippen LogP contribution is 2.36. The second-order valence-corrected chi connectivity index (χ2v) is 5.37. The lowest BCUT2D eigenvalue weighted by atomic mass is 9.76. The van der Waals surface area contributed by atoms with E-state index in [2.05, 4.69) is 4.72 Å². The zero-order chi connectivity index (χ0) is 13.9. The van der Waals surface area contributed by atoms with E-state index in [1.54, 1.807) is 12.1 Å². The molecule has 1 saturated heterocycles. The molecule has 5 nitrogen and oxygen atoms in total. The lowest BCUT2D eigenvalue weighted by Gasteiger charge is -2.41. The molecule has 0 amide bonds. The Hall–Kier alpha value is -0.860. The minimum atomic E-state index is -2.41. The third-order valence-electron chi connectivity index (χ3n) is 3.39. The van der Waals surface area contributed by atoms with Crippen LogP contribution in [0.1, 0.15) is 17.5 Å². The van der Waals surface area contributed by atoms with Gasteiger partial charge in [-0.2, -0.15) is 0 Å². The van der Waals surface area contributed by atoms with Crippen molar-refractivity contribution in [2.75, 3.05) is 19.8 Å². The monoisotopic (exact) mass is 288 g/mol. The molecule has 7 heteroatoms. The van der Waals surface area contributed by atoms with Crippen LogP contribution >= 0.6 is 0 Å². The topological polar surface area (TPSA) is 81.6 Å². The number of aliphatic hydroxyl groups is 1. The summed E-state index contributed by atoms with van der Waals surface area (Å²) in [7, 11) is 0. The van der Waals surface area contributed by atoms with Crippen LogP contribution in [0.4, 0.5) is 4.39 Å². The summed E-state index contributed by atoms with van der Waals surface area (Å²) < 4.78 is 41.9. The largest absolute Gasteiger partial charge is 0.760 e. The van der Waals surface area contributed by atoms with Crippen molar-refractivity contribution < 1.29 is 23.0 Å². The van der Waals surface area contributed by atoms with E-state index in [1.807, 2.05) is 0 Å². The predicted molar refractivity (Wildman–Crippen MR) is 66.4 cm³/mol. The van der Waals surface area contributed by atoms with Gasteiger partial charge in [-0.15, -0.1) is 0 Å². The van der Waals surface area contributed by atoms with E-state index >= 15 is 0 Å². The van der Waals surface area contributed by atoms with Gasteiger partial charge in [0.15, 0.2) is 0 Å². The number of hydrogen-bond acceptors (Lipinski definition) is 4. The maximum atomic E-state index is 13.9. The normalized spacial score (nSPS) is 18.9. The van der Waals surface area contributed by atoms with Gasteiger partial charge in [0.25, 0.3) is 0 Å². The summed E-state index contributed by atoms with van der Waals surface area (Å²) in [5, 5.41) is 9.07. The lowest BCUT2D eigenvalue weighted by Crippen LogP contribution is -2.47. The van der Waals surface area contributed by atoms with Crippen LogP contribution in [-0.4, -0.2) is 33.7 Å². The molecule has 1 aliphatic rings. The Morgan fingerprint density at radius 2 is 2.26 bits per heavy atom. The number of benzene rings is 1. The summed E-state index contributed by atoms with van der Waals surface area (Å²) in [4.78, 5) is 0. The van der Waals surface area contributed by atoms with Crippen LogP contribution in [0.3, 0.4) is 0 Å². The molecule has 0 bridgehead atoms. The second kappa shape index (κ2) is 6.06. The summed E-state index contributed by atoms with van der Waals surface area (Å²) in [5.41, 5.74) is 0.743. The number of aliphatic hydroxyl groups excluding tert-OH is 1. The van der Waals surface area contributed by atoms with Crippen molar-refractivity contribution >= 4 is 11.3 Å². The highest BCUT2D eigenvalue weighted by Gasteiger charge is 2.40. The van der Waals surface area contributed by atoms with Crippen molar-refractivity contribution in [3.05, 3.63) is 35.1 Å². The lowest BCUT2D eigenvalue weighted by molar-refractivity contribution is -0.0702. The summed E-state index contributed by atoms with van der Waals surface area (Å²) >= 11 is -2.41. The first-order valence-electron chi connectivity index (χ1n) is 5.88. The summed E-state index contributed by atoms with van der Waals surface area (Å²) in [6.45, 7) is 0.875. The number of halogens is 1. The van der Waals surface area contributed by atoms with Gasteiger partial charge in [-0.05, 0) is 18.1 Å². The fourth-order valence-corrected chi connectivity index (χ4v) is 2.45. The molecule has 0 aromatic heterocycles. The first kappa shape index (κ1) is 14.5. The third kappa shape index (κ3) is 3.18. The Morgan fingerprint density at radius 3 is 2.74 bits per heavy atom. The number of ether oxygens (including phenoxy) is 1. The van der Waals surface area contributed by atoms with Crippen LogP contribution < -0.4 is 4.72 Å².